The lowest BCUT2D eigenvalue weighted by Gasteiger charge is -2.24. The van der Waals surface area contributed by atoms with Crippen LogP contribution in [0.15, 0.2) is 67.1 Å². The van der Waals surface area contributed by atoms with E-state index in [1.165, 1.54) is 5.56 Å². The summed E-state index contributed by atoms with van der Waals surface area (Å²) in [6.07, 6.45) is 6.03. The van der Waals surface area contributed by atoms with Gasteiger partial charge in [-0.15, -0.1) is 0 Å². The van der Waals surface area contributed by atoms with Crippen LogP contribution < -0.4 is 4.90 Å². The van der Waals surface area contributed by atoms with Crippen molar-refractivity contribution >= 4 is 17.3 Å². The van der Waals surface area contributed by atoms with Crippen molar-refractivity contribution in [1.29, 1.82) is 0 Å². The number of likely N-dealkylation sites (N-methyl/N-ethyl adjacent to an activating group) is 1. The molecule has 5 heteroatoms. The predicted molar refractivity (Wildman–Crippen MR) is 113 cm³/mol. The first kappa shape index (κ1) is 19.5. The first-order chi connectivity index (χ1) is 13.6. The van der Waals surface area contributed by atoms with Gasteiger partial charge < -0.3 is 9.80 Å². The zero-order chi connectivity index (χ0) is 19.9. The molecule has 1 amide bonds. The van der Waals surface area contributed by atoms with Crippen LogP contribution in [0.2, 0.25) is 0 Å². The number of amides is 1. The van der Waals surface area contributed by atoms with E-state index in [4.69, 9.17) is 0 Å². The molecule has 0 N–H and O–H groups in total. The molecule has 0 saturated heterocycles. The maximum absolute atomic E-state index is 12.9. The summed E-state index contributed by atoms with van der Waals surface area (Å²) in [5.74, 6) is -0.0730. The molecule has 3 rings (SSSR count). The Bertz CT molecular complexity index is 927. The van der Waals surface area contributed by atoms with Gasteiger partial charge in [0.15, 0.2) is 0 Å². The quantitative estimate of drug-likeness (QED) is 0.620. The highest BCUT2D eigenvalue weighted by Crippen LogP contribution is 2.26. The van der Waals surface area contributed by atoms with Gasteiger partial charge in [0.1, 0.15) is 5.69 Å². The second-order valence-corrected chi connectivity index (χ2v) is 6.81. The zero-order valence-corrected chi connectivity index (χ0v) is 16.7. The topological polar surface area (TPSA) is 49.3 Å². The number of nitrogens with zero attached hydrogens (tertiary/aromatic N) is 4. The van der Waals surface area contributed by atoms with Gasteiger partial charge >= 0.3 is 0 Å². The van der Waals surface area contributed by atoms with Crippen molar-refractivity contribution in [3.05, 3.63) is 83.9 Å². The van der Waals surface area contributed by atoms with Gasteiger partial charge in [-0.3, -0.25) is 14.8 Å². The lowest BCUT2D eigenvalue weighted by molar-refractivity contribution is 0.0791. The average molecular weight is 374 g/mol. The number of anilines is 2. The number of hydrogen-bond acceptors (Lipinski definition) is 4. The summed E-state index contributed by atoms with van der Waals surface area (Å²) in [5, 5.41) is 0. The average Bonchev–Trinajstić information content (AvgIpc) is 2.73. The molecule has 0 unspecified atom stereocenters. The minimum absolute atomic E-state index is 0.0730. The molecule has 0 fully saturated rings. The maximum Gasteiger partial charge on any atom is 0.272 e. The van der Waals surface area contributed by atoms with Crippen LogP contribution in [0.1, 0.15) is 28.5 Å². The number of benzene rings is 1. The molecular weight excluding hydrogens is 348 g/mol. The molecule has 5 nitrogen and oxygen atoms in total. The van der Waals surface area contributed by atoms with Gasteiger partial charge in [-0.25, -0.2) is 0 Å². The zero-order valence-electron chi connectivity index (χ0n) is 16.7. The summed E-state index contributed by atoms with van der Waals surface area (Å²) in [6, 6.07) is 16.1. The van der Waals surface area contributed by atoms with Gasteiger partial charge in [0, 0.05) is 50.1 Å². The molecule has 0 saturated carbocycles. The Morgan fingerprint density at radius 3 is 2.46 bits per heavy atom. The molecule has 0 aliphatic carbocycles. The van der Waals surface area contributed by atoms with Crippen LogP contribution in [-0.2, 0) is 6.42 Å². The molecule has 2 heterocycles. The fourth-order valence-corrected chi connectivity index (χ4v) is 3.16. The Balaban J connectivity index is 1.75. The molecule has 2 aromatic heterocycles. The normalized spacial score (nSPS) is 10.5. The summed E-state index contributed by atoms with van der Waals surface area (Å²) < 4.78 is 0. The van der Waals surface area contributed by atoms with Gasteiger partial charge in [0.2, 0.25) is 0 Å². The Hall–Kier alpha value is -3.21. The van der Waals surface area contributed by atoms with Crippen LogP contribution in [0.4, 0.5) is 11.4 Å². The van der Waals surface area contributed by atoms with E-state index in [-0.39, 0.29) is 5.91 Å². The summed E-state index contributed by atoms with van der Waals surface area (Å²) in [4.78, 5) is 25.1. The molecule has 1 aromatic carbocycles. The molecule has 0 aliphatic rings. The summed E-state index contributed by atoms with van der Waals surface area (Å²) >= 11 is 0. The molecule has 144 valence electrons. The van der Waals surface area contributed by atoms with Crippen LogP contribution in [0.5, 0.6) is 0 Å². The van der Waals surface area contributed by atoms with Gasteiger partial charge in [0.25, 0.3) is 5.91 Å². The van der Waals surface area contributed by atoms with Crippen LogP contribution >= 0.6 is 0 Å². The van der Waals surface area contributed by atoms with Crippen LogP contribution in [0.25, 0.3) is 0 Å². The SMILES string of the molecule is CCN(c1cccc(C)c1)c1ccnc(C(=O)N(C)CCc2ccncc2)c1. The minimum Gasteiger partial charge on any atom is -0.342 e. The van der Waals surface area contributed by atoms with E-state index in [0.717, 1.165) is 29.9 Å². The number of carbonyl (C=O) groups excluding carboxylic acids is 1. The summed E-state index contributed by atoms with van der Waals surface area (Å²) in [6.45, 7) is 5.62. The largest absolute Gasteiger partial charge is 0.342 e. The number of aryl methyl sites for hydroxylation is 1. The van der Waals surface area contributed by atoms with E-state index < -0.39 is 0 Å². The molecule has 0 aliphatic heterocycles. The number of carbonyl (C=O) groups is 1. The first-order valence-electron chi connectivity index (χ1n) is 9.53. The third kappa shape index (κ3) is 4.74. The van der Waals surface area contributed by atoms with Crippen LogP contribution in [0.3, 0.4) is 0 Å². The third-order valence-electron chi connectivity index (χ3n) is 4.74. The maximum atomic E-state index is 12.9. The van der Waals surface area contributed by atoms with Crippen molar-refractivity contribution in [3.63, 3.8) is 0 Å². The summed E-state index contributed by atoms with van der Waals surface area (Å²) in [5.41, 5.74) is 4.90. The highest BCUT2D eigenvalue weighted by molar-refractivity contribution is 5.93. The van der Waals surface area contributed by atoms with E-state index in [0.29, 0.717) is 12.2 Å². The van der Waals surface area contributed by atoms with E-state index >= 15 is 0 Å². The fraction of sp³-hybridized carbons (Fsp3) is 0.261. The third-order valence-corrected chi connectivity index (χ3v) is 4.74. The first-order valence-corrected chi connectivity index (χ1v) is 9.53. The number of pyridine rings is 2. The van der Waals surface area contributed by atoms with E-state index in [1.807, 2.05) is 37.4 Å². The molecule has 0 radical (unpaired) electrons. The standard InChI is InChI=1S/C23H26N4O/c1-4-27(20-7-5-6-18(2)16-20)21-10-14-25-22(17-21)23(28)26(3)15-11-19-8-12-24-13-9-19/h5-10,12-14,16-17H,4,11,15H2,1-3H3. The van der Waals surface area contributed by atoms with Gasteiger partial charge in [0.05, 0.1) is 0 Å². The number of hydrogen-bond donors (Lipinski definition) is 0. The van der Waals surface area contributed by atoms with E-state index in [2.05, 4.69) is 46.9 Å². The van der Waals surface area contributed by atoms with E-state index in [9.17, 15) is 4.79 Å². The monoisotopic (exact) mass is 374 g/mol. The Labute approximate surface area is 166 Å². The summed E-state index contributed by atoms with van der Waals surface area (Å²) in [7, 11) is 1.82. The fourth-order valence-electron chi connectivity index (χ4n) is 3.16. The van der Waals surface area contributed by atoms with Crippen molar-refractivity contribution in [3.8, 4) is 0 Å². The molecule has 0 atom stereocenters. The lowest BCUT2D eigenvalue weighted by Crippen LogP contribution is -2.29. The molecular formula is C23H26N4O. The van der Waals surface area contributed by atoms with Gasteiger partial charge in [-0.1, -0.05) is 12.1 Å². The minimum atomic E-state index is -0.0730. The van der Waals surface area contributed by atoms with Crippen LogP contribution in [0, 0.1) is 6.92 Å². The molecule has 0 bridgehead atoms. The van der Waals surface area contributed by atoms with Crippen molar-refractivity contribution in [2.75, 3.05) is 25.0 Å². The van der Waals surface area contributed by atoms with Crippen molar-refractivity contribution in [1.82, 2.24) is 14.9 Å². The number of rotatable bonds is 7. The van der Waals surface area contributed by atoms with Gasteiger partial charge in [-0.05, 0) is 67.8 Å². The second kappa shape index (κ2) is 9.13. The second-order valence-electron chi connectivity index (χ2n) is 6.81. The molecule has 3 aromatic rings. The van der Waals surface area contributed by atoms with E-state index in [1.54, 1.807) is 23.5 Å². The Kier molecular flexibility index (Phi) is 6.37. The molecule has 0 spiro atoms. The highest BCUT2D eigenvalue weighted by atomic mass is 16.2. The Morgan fingerprint density at radius 2 is 1.75 bits per heavy atom. The van der Waals surface area contributed by atoms with Crippen molar-refractivity contribution in [2.45, 2.75) is 20.3 Å². The Morgan fingerprint density at radius 1 is 1.00 bits per heavy atom. The van der Waals surface area contributed by atoms with Crippen LogP contribution in [-0.4, -0.2) is 40.9 Å². The van der Waals surface area contributed by atoms with Gasteiger partial charge in [-0.2, -0.15) is 0 Å². The molecule has 28 heavy (non-hydrogen) atoms. The highest BCUT2D eigenvalue weighted by Gasteiger charge is 2.16. The predicted octanol–water partition coefficient (Wildman–Crippen LogP) is 4.26. The van der Waals surface area contributed by atoms with Crippen molar-refractivity contribution in [2.24, 2.45) is 0 Å². The van der Waals surface area contributed by atoms with Crippen molar-refractivity contribution < 1.29 is 4.79 Å². The lowest BCUT2D eigenvalue weighted by atomic mass is 10.1. The number of aromatic nitrogens is 2. The smallest absolute Gasteiger partial charge is 0.272 e.